The first-order chi connectivity index (χ1) is 10.5. The molecule has 1 aromatic heterocycles. The molecule has 1 saturated heterocycles. The van der Waals surface area contributed by atoms with E-state index in [0.29, 0.717) is 23.9 Å². The van der Waals surface area contributed by atoms with Gasteiger partial charge in [0.1, 0.15) is 0 Å². The van der Waals surface area contributed by atoms with Gasteiger partial charge in [0.25, 0.3) is 0 Å². The molecule has 4 heteroatoms. The summed E-state index contributed by atoms with van der Waals surface area (Å²) in [7, 11) is 0. The average Bonchev–Trinajstić information content (AvgIpc) is 2.55. The Morgan fingerprint density at radius 3 is 2.64 bits per heavy atom. The molecule has 0 aliphatic carbocycles. The number of carbonyl (C=O) groups excluding carboxylic acids is 1. The zero-order valence-electron chi connectivity index (χ0n) is 14.2. The molecule has 1 amide bonds. The smallest absolute Gasteiger partial charge is 0.225 e. The maximum atomic E-state index is 12.2. The van der Waals surface area contributed by atoms with Gasteiger partial charge in [0.15, 0.2) is 0 Å². The third-order valence-electron chi connectivity index (χ3n) is 4.73. The number of rotatable bonds is 5. The lowest BCUT2D eigenvalue weighted by molar-refractivity contribution is -0.136. The van der Waals surface area contributed by atoms with Crippen molar-refractivity contribution in [1.29, 1.82) is 0 Å². The van der Waals surface area contributed by atoms with Crippen LogP contribution in [0.4, 0.5) is 0 Å². The molecule has 4 nitrogen and oxygen atoms in total. The number of amides is 1. The predicted molar refractivity (Wildman–Crippen MR) is 89.4 cm³/mol. The summed E-state index contributed by atoms with van der Waals surface area (Å²) in [5, 5.41) is 3.76. The molecule has 1 aliphatic rings. The fourth-order valence-electron chi connectivity index (χ4n) is 3.30. The van der Waals surface area contributed by atoms with E-state index in [2.05, 4.69) is 36.3 Å². The number of likely N-dealkylation sites (tertiary alicyclic amines) is 1. The Balaban J connectivity index is 1.96. The van der Waals surface area contributed by atoms with Gasteiger partial charge < -0.3 is 10.2 Å². The Morgan fingerprint density at radius 1 is 1.36 bits per heavy atom. The van der Waals surface area contributed by atoms with E-state index in [9.17, 15) is 4.79 Å². The van der Waals surface area contributed by atoms with E-state index in [0.717, 1.165) is 25.9 Å². The summed E-state index contributed by atoms with van der Waals surface area (Å²) in [6.45, 7) is 10.1. The molecule has 22 heavy (non-hydrogen) atoms. The number of nitrogens with one attached hydrogen (secondary N) is 1. The average molecular weight is 303 g/mol. The molecule has 1 N–H and O–H groups in total. The van der Waals surface area contributed by atoms with Crippen LogP contribution in [-0.2, 0) is 4.79 Å². The molecule has 0 aromatic carbocycles. The van der Waals surface area contributed by atoms with Crippen molar-refractivity contribution < 1.29 is 4.79 Å². The Labute approximate surface area is 134 Å². The van der Waals surface area contributed by atoms with Crippen LogP contribution in [0, 0.1) is 11.8 Å². The van der Waals surface area contributed by atoms with E-state index in [1.54, 1.807) is 0 Å². The number of aromatic nitrogens is 1. The van der Waals surface area contributed by atoms with Gasteiger partial charge in [-0.1, -0.05) is 27.2 Å². The summed E-state index contributed by atoms with van der Waals surface area (Å²) in [4.78, 5) is 18.3. The summed E-state index contributed by atoms with van der Waals surface area (Å²) >= 11 is 0. The summed E-state index contributed by atoms with van der Waals surface area (Å²) in [6.07, 6.45) is 5.82. The van der Waals surface area contributed by atoms with E-state index in [1.807, 2.05) is 31.1 Å². The second-order valence-electron chi connectivity index (χ2n) is 6.67. The zero-order chi connectivity index (χ0) is 16.1. The molecule has 2 rings (SSSR count). The third-order valence-corrected chi connectivity index (χ3v) is 4.73. The number of pyridine rings is 1. The topological polar surface area (TPSA) is 45.2 Å². The summed E-state index contributed by atoms with van der Waals surface area (Å²) < 4.78 is 0. The van der Waals surface area contributed by atoms with Crippen LogP contribution in [0.3, 0.4) is 0 Å². The van der Waals surface area contributed by atoms with Gasteiger partial charge in [-0.3, -0.25) is 9.78 Å². The number of carbonyl (C=O) groups is 1. The molecular weight excluding hydrogens is 274 g/mol. The highest BCUT2D eigenvalue weighted by atomic mass is 16.2. The Bertz CT molecular complexity index is 474. The zero-order valence-corrected chi connectivity index (χ0v) is 14.2. The van der Waals surface area contributed by atoms with Crippen molar-refractivity contribution in [2.24, 2.45) is 11.8 Å². The second kappa shape index (κ2) is 7.73. The van der Waals surface area contributed by atoms with Crippen molar-refractivity contribution in [3.8, 4) is 0 Å². The van der Waals surface area contributed by atoms with Crippen LogP contribution >= 0.6 is 0 Å². The van der Waals surface area contributed by atoms with E-state index in [1.165, 1.54) is 5.56 Å². The van der Waals surface area contributed by atoms with Gasteiger partial charge in [0, 0.05) is 43.5 Å². The highest BCUT2D eigenvalue weighted by molar-refractivity contribution is 5.78. The first kappa shape index (κ1) is 16.9. The number of piperidine rings is 1. The monoisotopic (exact) mass is 303 g/mol. The van der Waals surface area contributed by atoms with Crippen molar-refractivity contribution in [2.75, 3.05) is 13.1 Å². The molecule has 2 heterocycles. The largest absolute Gasteiger partial charge is 0.342 e. The molecule has 0 bridgehead atoms. The van der Waals surface area contributed by atoms with Crippen molar-refractivity contribution in [3.05, 3.63) is 30.1 Å². The first-order valence-electron chi connectivity index (χ1n) is 8.47. The maximum absolute atomic E-state index is 12.2. The van der Waals surface area contributed by atoms with Gasteiger partial charge in [-0.15, -0.1) is 0 Å². The van der Waals surface area contributed by atoms with Crippen molar-refractivity contribution in [1.82, 2.24) is 15.2 Å². The van der Waals surface area contributed by atoms with Crippen LogP contribution in [0.2, 0.25) is 0 Å². The second-order valence-corrected chi connectivity index (χ2v) is 6.67. The fourth-order valence-corrected chi connectivity index (χ4v) is 3.30. The molecule has 122 valence electrons. The number of hydrogen-bond donors (Lipinski definition) is 1. The normalized spacial score (nSPS) is 23.6. The lowest BCUT2D eigenvalue weighted by Gasteiger charge is -2.40. The Morgan fingerprint density at radius 2 is 2.05 bits per heavy atom. The molecular formula is C18H29N3O. The van der Waals surface area contributed by atoms with Crippen LogP contribution < -0.4 is 5.32 Å². The number of hydrogen-bond acceptors (Lipinski definition) is 3. The van der Waals surface area contributed by atoms with Crippen molar-refractivity contribution >= 4 is 5.91 Å². The van der Waals surface area contributed by atoms with Crippen molar-refractivity contribution in [2.45, 2.75) is 52.6 Å². The minimum absolute atomic E-state index is 0.0951. The lowest BCUT2D eigenvalue weighted by Crippen LogP contribution is -2.52. The highest BCUT2D eigenvalue weighted by Crippen LogP contribution is 2.24. The van der Waals surface area contributed by atoms with Gasteiger partial charge >= 0.3 is 0 Å². The van der Waals surface area contributed by atoms with Crippen molar-refractivity contribution in [3.63, 3.8) is 0 Å². The van der Waals surface area contributed by atoms with Crippen LogP contribution in [0.1, 0.15) is 52.1 Å². The molecule has 0 unspecified atom stereocenters. The minimum atomic E-state index is 0.0951. The summed E-state index contributed by atoms with van der Waals surface area (Å²) in [5.74, 6) is 0.914. The van der Waals surface area contributed by atoms with Crippen LogP contribution in [0.15, 0.2) is 24.5 Å². The standard InChI is InChI=1S/C18H29N3O/c1-5-15-12-21(18(22)13(2)3)11-8-17(15)20-14(4)16-6-9-19-10-7-16/h6-7,9-10,13-15,17,20H,5,8,11-12H2,1-4H3/t14-,15-,17+/m1/s1. The van der Waals surface area contributed by atoms with Gasteiger partial charge in [0.2, 0.25) is 5.91 Å². The molecule has 1 aromatic rings. The quantitative estimate of drug-likeness (QED) is 0.909. The van der Waals surface area contributed by atoms with Gasteiger partial charge in [-0.25, -0.2) is 0 Å². The maximum Gasteiger partial charge on any atom is 0.225 e. The molecule has 0 saturated carbocycles. The first-order valence-corrected chi connectivity index (χ1v) is 8.47. The van der Waals surface area contributed by atoms with Gasteiger partial charge in [0.05, 0.1) is 0 Å². The molecule has 3 atom stereocenters. The van der Waals surface area contributed by atoms with E-state index in [4.69, 9.17) is 0 Å². The predicted octanol–water partition coefficient (Wildman–Crippen LogP) is 3.02. The van der Waals surface area contributed by atoms with Crippen LogP contribution in [0.25, 0.3) is 0 Å². The van der Waals surface area contributed by atoms with E-state index < -0.39 is 0 Å². The Hall–Kier alpha value is -1.42. The van der Waals surface area contributed by atoms with Crippen LogP contribution in [-0.4, -0.2) is 34.9 Å². The van der Waals surface area contributed by atoms with Gasteiger partial charge in [-0.05, 0) is 37.0 Å². The summed E-state index contributed by atoms with van der Waals surface area (Å²) in [5.41, 5.74) is 1.27. The van der Waals surface area contributed by atoms with E-state index >= 15 is 0 Å². The number of nitrogens with zero attached hydrogens (tertiary/aromatic N) is 2. The molecule has 0 spiro atoms. The Kier molecular flexibility index (Phi) is 5.95. The minimum Gasteiger partial charge on any atom is -0.342 e. The molecule has 1 fully saturated rings. The van der Waals surface area contributed by atoms with E-state index in [-0.39, 0.29) is 5.92 Å². The lowest BCUT2D eigenvalue weighted by atomic mass is 9.88. The van der Waals surface area contributed by atoms with Crippen LogP contribution in [0.5, 0.6) is 0 Å². The SMILES string of the molecule is CC[C@@H]1CN(C(=O)C(C)C)CC[C@@H]1N[C@H](C)c1ccncc1. The molecule has 0 radical (unpaired) electrons. The summed E-state index contributed by atoms with van der Waals surface area (Å²) in [6, 6.07) is 4.92. The fraction of sp³-hybridized carbons (Fsp3) is 0.667. The highest BCUT2D eigenvalue weighted by Gasteiger charge is 2.31. The van der Waals surface area contributed by atoms with Gasteiger partial charge in [-0.2, -0.15) is 0 Å². The third kappa shape index (κ3) is 4.07. The molecule has 1 aliphatic heterocycles.